The van der Waals surface area contributed by atoms with Gasteiger partial charge in [0, 0.05) is 19.6 Å². The van der Waals surface area contributed by atoms with Crippen molar-refractivity contribution in [2.45, 2.75) is 33.2 Å². The summed E-state index contributed by atoms with van der Waals surface area (Å²) in [5.41, 5.74) is 2.19. The van der Waals surface area contributed by atoms with Gasteiger partial charge in [-0.05, 0) is 44.0 Å². The van der Waals surface area contributed by atoms with E-state index in [4.69, 9.17) is 4.74 Å². The van der Waals surface area contributed by atoms with Crippen molar-refractivity contribution in [2.75, 3.05) is 31.1 Å². The van der Waals surface area contributed by atoms with Crippen molar-refractivity contribution < 1.29 is 14.6 Å². The third-order valence-electron chi connectivity index (χ3n) is 4.01. The lowest BCUT2D eigenvalue weighted by Crippen LogP contribution is -2.38. The first kappa shape index (κ1) is 16.6. The molecule has 122 valence electrons. The molecule has 1 atom stereocenters. The van der Waals surface area contributed by atoms with Crippen LogP contribution < -0.4 is 15.0 Å². The van der Waals surface area contributed by atoms with Gasteiger partial charge in [0.25, 0.3) is 0 Å². The highest BCUT2D eigenvalue weighted by Gasteiger charge is 2.27. The Hall–Kier alpha value is -1.75. The first-order valence-corrected chi connectivity index (χ1v) is 8.09. The highest BCUT2D eigenvalue weighted by Crippen LogP contribution is 2.33. The molecule has 1 saturated heterocycles. The van der Waals surface area contributed by atoms with Crippen LogP contribution in [0, 0.1) is 5.92 Å². The molecule has 0 aliphatic carbocycles. The molecule has 0 amide bonds. The molecule has 2 N–H and O–H groups in total. The largest absolute Gasteiger partial charge is 0.492 e. The van der Waals surface area contributed by atoms with Crippen LogP contribution in [-0.2, 0) is 11.3 Å². The van der Waals surface area contributed by atoms with Crippen LogP contribution in [0.2, 0.25) is 0 Å². The molecule has 1 aromatic carbocycles. The summed E-state index contributed by atoms with van der Waals surface area (Å²) in [6, 6.07) is 6.21. The lowest BCUT2D eigenvalue weighted by atomic mass is 9.97. The second kappa shape index (κ2) is 8.03. The van der Waals surface area contributed by atoms with E-state index in [0.717, 1.165) is 43.9 Å². The van der Waals surface area contributed by atoms with E-state index in [0.29, 0.717) is 13.2 Å². The van der Waals surface area contributed by atoms with Crippen LogP contribution in [0.3, 0.4) is 0 Å². The topological polar surface area (TPSA) is 61.8 Å². The van der Waals surface area contributed by atoms with E-state index in [-0.39, 0.29) is 5.92 Å². The minimum Gasteiger partial charge on any atom is -0.492 e. The number of carboxylic acid groups (broad SMARTS) is 1. The average Bonchev–Trinajstić information content (AvgIpc) is 2.53. The van der Waals surface area contributed by atoms with Crippen molar-refractivity contribution in [3.05, 3.63) is 23.8 Å². The fourth-order valence-corrected chi connectivity index (χ4v) is 2.87. The Morgan fingerprint density at radius 3 is 2.95 bits per heavy atom. The second-order valence-electron chi connectivity index (χ2n) is 5.64. The summed E-state index contributed by atoms with van der Waals surface area (Å²) in [6.07, 6.45) is 1.66. The van der Waals surface area contributed by atoms with Gasteiger partial charge in [-0.15, -0.1) is 0 Å². The Balaban J connectivity index is 2.19. The van der Waals surface area contributed by atoms with Gasteiger partial charge >= 0.3 is 5.97 Å². The highest BCUT2D eigenvalue weighted by atomic mass is 16.5. The molecule has 0 bridgehead atoms. The van der Waals surface area contributed by atoms with Crippen molar-refractivity contribution in [3.8, 4) is 5.75 Å². The van der Waals surface area contributed by atoms with Crippen LogP contribution in [0.1, 0.15) is 32.3 Å². The quantitative estimate of drug-likeness (QED) is 0.810. The maximum Gasteiger partial charge on any atom is 0.308 e. The van der Waals surface area contributed by atoms with Gasteiger partial charge in [-0.25, -0.2) is 0 Å². The average molecular weight is 306 g/mol. The number of carbonyl (C=O) groups is 1. The number of hydrogen-bond donors (Lipinski definition) is 2. The normalized spacial score (nSPS) is 18.3. The Labute approximate surface area is 132 Å². The maximum atomic E-state index is 11.2. The summed E-state index contributed by atoms with van der Waals surface area (Å²) in [5.74, 6) is -0.139. The van der Waals surface area contributed by atoms with E-state index >= 15 is 0 Å². The van der Waals surface area contributed by atoms with Gasteiger partial charge < -0.3 is 20.1 Å². The van der Waals surface area contributed by atoms with Gasteiger partial charge in [-0.2, -0.15) is 0 Å². The third-order valence-corrected chi connectivity index (χ3v) is 4.01. The first-order chi connectivity index (χ1) is 10.7. The summed E-state index contributed by atoms with van der Waals surface area (Å²) in [7, 11) is 0. The number of ether oxygens (including phenoxy) is 1. The molecule has 0 saturated carbocycles. The smallest absolute Gasteiger partial charge is 0.308 e. The van der Waals surface area contributed by atoms with E-state index in [1.807, 2.05) is 6.92 Å². The molecule has 1 fully saturated rings. The summed E-state index contributed by atoms with van der Waals surface area (Å²) in [5, 5.41) is 12.6. The third kappa shape index (κ3) is 4.13. The van der Waals surface area contributed by atoms with Crippen molar-refractivity contribution >= 4 is 11.7 Å². The highest BCUT2D eigenvalue weighted by molar-refractivity contribution is 5.72. The molecule has 2 rings (SSSR count). The molecule has 1 heterocycles. The van der Waals surface area contributed by atoms with Gasteiger partial charge in [0.15, 0.2) is 0 Å². The number of aliphatic carboxylic acids is 1. The van der Waals surface area contributed by atoms with Crippen LogP contribution in [0.25, 0.3) is 0 Å². The molecular formula is C17H26N2O3. The molecule has 0 radical (unpaired) electrons. The first-order valence-electron chi connectivity index (χ1n) is 8.09. The van der Waals surface area contributed by atoms with Gasteiger partial charge in [0.1, 0.15) is 5.75 Å². The molecule has 0 spiro atoms. The number of rotatable bonds is 7. The van der Waals surface area contributed by atoms with Crippen LogP contribution in [0.15, 0.2) is 18.2 Å². The van der Waals surface area contributed by atoms with Gasteiger partial charge in [0.2, 0.25) is 0 Å². The molecule has 1 aromatic rings. The zero-order valence-electron chi connectivity index (χ0n) is 13.5. The predicted molar refractivity (Wildman–Crippen MR) is 87.6 cm³/mol. The van der Waals surface area contributed by atoms with Gasteiger partial charge in [-0.1, -0.05) is 13.0 Å². The number of hydrogen-bond acceptors (Lipinski definition) is 4. The van der Waals surface area contributed by atoms with E-state index in [9.17, 15) is 9.90 Å². The van der Waals surface area contributed by atoms with Crippen LogP contribution in [-0.4, -0.2) is 37.3 Å². The lowest BCUT2D eigenvalue weighted by Gasteiger charge is -2.33. The summed E-state index contributed by atoms with van der Waals surface area (Å²) >= 11 is 0. The summed E-state index contributed by atoms with van der Waals surface area (Å²) < 4.78 is 5.79. The summed E-state index contributed by atoms with van der Waals surface area (Å²) in [6.45, 7) is 7.84. The Morgan fingerprint density at radius 2 is 2.27 bits per heavy atom. The zero-order chi connectivity index (χ0) is 15.9. The van der Waals surface area contributed by atoms with Crippen LogP contribution in [0.5, 0.6) is 5.75 Å². The van der Waals surface area contributed by atoms with Crippen molar-refractivity contribution in [1.82, 2.24) is 5.32 Å². The maximum absolute atomic E-state index is 11.2. The SMILES string of the molecule is CCNCc1ccc(N2CCCC(C(=O)O)C2)c(OCC)c1. The molecule has 1 unspecified atom stereocenters. The number of nitrogens with one attached hydrogen (secondary N) is 1. The molecule has 0 aromatic heterocycles. The number of anilines is 1. The Morgan fingerprint density at radius 1 is 1.45 bits per heavy atom. The van der Waals surface area contributed by atoms with Crippen molar-refractivity contribution in [1.29, 1.82) is 0 Å². The molecule has 5 heteroatoms. The van der Waals surface area contributed by atoms with Crippen molar-refractivity contribution in [3.63, 3.8) is 0 Å². The van der Waals surface area contributed by atoms with E-state index in [1.54, 1.807) is 0 Å². The number of carboxylic acids is 1. The lowest BCUT2D eigenvalue weighted by molar-refractivity contribution is -0.141. The monoisotopic (exact) mass is 306 g/mol. The fraction of sp³-hybridized carbons (Fsp3) is 0.588. The summed E-state index contributed by atoms with van der Waals surface area (Å²) in [4.78, 5) is 13.4. The molecule has 1 aliphatic heterocycles. The van der Waals surface area contributed by atoms with Crippen molar-refractivity contribution in [2.24, 2.45) is 5.92 Å². The number of nitrogens with zero attached hydrogens (tertiary/aromatic N) is 1. The number of piperidine rings is 1. The Bertz CT molecular complexity index is 505. The molecule has 5 nitrogen and oxygen atoms in total. The van der Waals surface area contributed by atoms with Gasteiger partial charge in [-0.3, -0.25) is 4.79 Å². The molecule has 22 heavy (non-hydrogen) atoms. The Kier molecular flexibility index (Phi) is 6.07. The zero-order valence-corrected chi connectivity index (χ0v) is 13.5. The predicted octanol–water partition coefficient (Wildman–Crippen LogP) is 2.50. The fourth-order valence-electron chi connectivity index (χ4n) is 2.87. The van der Waals surface area contributed by atoms with E-state index < -0.39 is 5.97 Å². The number of benzene rings is 1. The van der Waals surface area contributed by atoms with Crippen LogP contribution >= 0.6 is 0 Å². The molecular weight excluding hydrogens is 280 g/mol. The van der Waals surface area contributed by atoms with Crippen LogP contribution in [0.4, 0.5) is 5.69 Å². The van der Waals surface area contributed by atoms with Gasteiger partial charge in [0.05, 0.1) is 18.2 Å². The molecule has 1 aliphatic rings. The minimum atomic E-state index is -0.702. The minimum absolute atomic E-state index is 0.287. The van der Waals surface area contributed by atoms with E-state index in [1.165, 1.54) is 5.56 Å². The van der Waals surface area contributed by atoms with E-state index in [2.05, 4.69) is 35.3 Å². The standard InChI is InChI=1S/C17H26N2O3/c1-3-18-11-13-7-8-15(16(10-13)22-4-2)19-9-5-6-14(12-19)17(20)21/h7-8,10,14,18H,3-6,9,11-12H2,1-2H3,(H,20,21). The second-order valence-corrected chi connectivity index (χ2v) is 5.64.